The van der Waals surface area contributed by atoms with Crippen molar-refractivity contribution < 1.29 is 22.7 Å². The van der Waals surface area contributed by atoms with Gasteiger partial charge in [0.1, 0.15) is 11.9 Å². The molecule has 0 bridgehead atoms. The van der Waals surface area contributed by atoms with E-state index in [9.17, 15) is 18.0 Å². The summed E-state index contributed by atoms with van der Waals surface area (Å²) in [5.41, 5.74) is 0.819. The number of halogens is 3. The first-order valence-corrected chi connectivity index (χ1v) is 6.27. The molecule has 0 N–H and O–H groups in total. The quantitative estimate of drug-likeness (QED) is 0.854. The van der Waals surface area contributed by atoms with Crippen LogP contribution in [0.3, 0.4) is 0 Å². The number of ether oxygens (including phenoxy) is 1. The smallest absolute Gasteiger partial charge is 0.389 e. The number of pyridine rings is 1. The van der Waals surface area contributed by atoms with Crippen molar-refractivity contribution in [3.05, 3.63) is 24.0 Å². The van der Waals surface area contributed by atoms with Crippen LogP contribution in [-0.4, -0.2) is 41.2 Å². The molecule has 110 valence electrons. The molecule has 20 heavy (non-hydrogen) atoms. The molecule has 0 spiro atoms. The van der Waals surface area contributed by atoms with Crippen molar-refractivity contribution >= 4 is 5.91 Å². The van der Waals surface area contributed by atoms with E-state index in [1.165, 1.54) is 4.90 Å². The van der Waals surface area contributed by atoms with E-state index in [1.54, 1.807) is 18.3 Å². The number of hydrogen-bond donors (Lipinski definition) is 0. The minimum absolute atomic E-state index is 0.161. The van der Waals surface area contributed by atoms with Gasteiger partial charge in [0.25, 0.3) is 0 Å². The molecule has 0 saturated carbocycles. The third kappa shape index (κ3) is 4.11. The average Bonchev–Trinajstić information content (AvgIpc) is 2.29. The lowest BCUT2D eigenvalue weighted by Crippen LogP contribution is -2.56. The summed E-state index contributed by atoms with van der Waals surface area (Å²) >= 11 is 0. The highest BCUT2D eigenvalue weighted by atomic mass is 19.4. The molecule has 0 aliphatic carbocycles. The Morgan fingerprint density at radius 1 is 1.50 bits per heavy atom. The zero-order valence-electron chi connectivity index (χ0n) is 11.0. The highest BCUT2D eigenvalue weighted by molar-refractivity contribution is 5.77. The first kappa shape index (κ1) is 14.6. The molecule has 0 aromatic carbocycles. The van der Waals surface area contributed by atoms with Gasteiger partial charge in [-0.15, -0.1) is 0 Å². The number of aromatic nitrogens is 1. The predicted molar refractivity (Wildman–Crippen MR) is 65.3 cm³/mol. The molecule has 0 atom stereocenters. The third-order valence-corrected chi connectivity index (χ3v) is 2.99. The molecule has 1 aromatic heterocycles. The average molecular weight is 288 g/mol. The number of carbonyl (C=O) groups is 1. The van der Waals surface area contributed by atoms with Crippen LogP contribution in [0.15, 0.2) is 18.3 Å². The SMILES string of the molecule is Cc1cc(OC2CN(C(=O)CCC(F)(F)F)C2)ccn1. The lowest BCUT2D eigenvalue weighted by molar-refractivity contribution is -0.154. The highest BCUT2D eigenvalue weighted by Crippen LogP contribution is 2.24. The summed E-state index contributed by atoms with van der Waals surface area (Å²) in [4.78, 5) is 16.9. The summed E-state index contributed by atoms with van der Waals surface area (Å²) in [5.74, 6) is 0.179. The summed E-state index contributed by atoms with van der Waals surface area (Å²) in [5, 5.41) is 0. The minimum Gasteiger partial charge on any atom is -0.487 e. The Morgan fingerprint density at radius 2 is 2.20 bits per heavy atom. The van der Waals surface area contributed by atoms with Gasteiger partial charge < -0.3 is 9.64 Å². The van der Waals surface area contributed by atoms with Crippen LogP contribution in [-0.2, 0) is 4.79 Å². The summed E-state index contributed by atoms with van der Waals surface area (Å²) in [6.07, 6.45) is -4.39. The molecule has 1 saturated heterocycles. The third-order valence-electron chi connectivity index (χ3n) is 2.99. The maximum absolute atomic E-state index is 12.0. The Hall–Kier alpha value is -1.79. The molecular formula is C13H15F3N2O2. The molecule has 1 aromatic rings. The molecule has 1 aliphatic heterocycles. The van der Waals surface area contributed by atoms with Gasteiger partial charge in [-0.1, -0.05) is 0 Å². The molecule has 0 radical (unpaired) electrons. The molecule has 1 aliphatic rings. The zero-order chi connectivity index (χ0) is 14.8. The van der Waals surface area contributed by atoms with Gasteiger partial charge in [-0.05, 0) is 13.0 Å². The van der Waals surface area contributed by atoms with Crippen molar-refractivity contribution in [3.8, 4) is 5.75 Å². The van der Waals surface area contributed by atoms with Crippen molar-refractivity contribution in [3.63, 3.8) is 0 Å². The van der Waals surface area contributed by atoms with Crippen LogP contribution in [0.4, 0.5) is 13.2 Å². The number of likely N-dealkylation sites (tertiary alicyclic amines) is 1. The normalized spacial score (nSPS) is 15.9. The summed E-state index contributed by atoms with van der Waals surface area (Å²) in [7, 11) is 0. The van der Waals surface area contributed by atoms with Crippen LogP contribution >= 0.6 is 0 Å². The zero-order valence-corrected chi connectivity index (χ0v) is 11.0. The Balaban J connectivity index is 1.73. The Labute approximate surface area is 114 Å². The molecule has 2 rings (SSSR count). The Bertz CT molecular complexity index is 485. The molecule has 7 heteroatoms. The molecule has 1 fully saturated rings. The fourth-order valence-corrected chi connectivity index (χ4v) is 1.91. The Morgan fingerprint density at radius 3 is 2.80 bits per heavy atom. The molecule has 4 nitrogen and oxygen atoms in total. The van der Waals surface area contributed by atoms with E-state index in [1.807, 2.05) is 6.92 Å². The van der Waals surface area contributed by atoms with Crippen LogP contribution in [0.2, 0.25) is 0 Å². The van der Waals surface area contributed by atoms with Gasteiger partial charge in [-0.3, -0.25) is 9.78 Å². The second-order valence-corrected chi connectivity index (χ2v) is 4.79. The van der Waals surface area contributed by atoms with Crippen molar-refractivity contribution in [1.82, 2.24) is 9.88 Å². The van der Waals surface area contributed by atoms with Crippen molar-refractivity contribution in [1.29, 1.82) is 0 Å². The highest BCUT2D eigenvalue weighted by Gasteiger charge is 2.35. The number of amides is 1. The fourth-order valence-electron chi connectivity index (χ4n) is 1.91. The van der Waals surface area contributed by atoms with Crippen molar-refractivity contribution in [2.75, 3.05) is 13.1 Å². The van der Waals surface area contributed by atoms with Gasteiger partial charge in [-0.2, -0.15) is 13.2 Å². The van der Waals surface area contributed by atoms with Gasteiger partial charge >= 0.3 is 6.18 Å². The molecule has 1 amide bonds. The van der Waals surface area contributed by atoms with Gasteiger partial charge in [-0.25, -0.2) is 0 Å². The number of rotatable bonds is 4. The van der Waals surface area contributed by atoms with Crippen LogP contribution in [0.25, 0.3) is 0 Å². The van der Waals surface area contributed by atoms with E-state index < -0.39 is 24.9 Å². The van der Waals surface area contributed by atoms with Gasteiger partial charge in [0.15, 0.2) is 0 Å². The number of alkyl halides is 3. The van der Waals surface area contributed by atoms with E-state index in [4.69, 9.17) is 4.74 Å². The lowest BCUT2D eigenvalue weighted by Gasteiger charge is -2.39. The standard InChI is InChI=1S/C13H15F3N2O2/c1-9-6-10(3-5-17-9)20-11-7-18(8-11)12(19)2-4-13(14,15)16/h3,5-6,11H,2,4,7-8H2,1H3. The van der Waals surface area contributed by atoms with Crippen molar-refractivity contribution in [2.24, 2.45) is 0 Å². The number of aryl methyl sites for hydroxylation is 1. The predicted octanol–water partition coefficient (Wildman–Crippen LogP) is 2.32. The topological polar surface area (TPSA) is 42.4 Å². The monoisotopic (exact) mass is 288 g/mol. The van der Waals surface area contributed by atoms with E-state index in [2.05, 4.69) is 4.98 Å². The van der Waals surface area contributed by atoms with Gasteiger partial charge in [0.2, 0.25) is 5.91 Å². The van der Waals surface area contributed by atoms with Crippen LogP contribution in [0, 0.1) is 6.92 Å². The fraction of sp³-hybridized carbons (Fsp3) is 0.538. The van der Waals surface area contributed by atoms with E-state index >= 15 is 0 Å². The maximum Gasteiger partial charge on any atom is 0.389 e. The minimum atomic E-state index is -4.29. The van der Waals surface area contributed by atoms with E-state index in [0.717, 1.165) is 5.69 Å². The second kappa shape index (κ2) is 5.68. The largest absolute Gasteiger partial charge is 0.487 e. The summed E-state index contributed by atoms with van der Waals surface area (Å²) in [6, 6.07) is 3.48. The van der Waals surface area contributed by atoms with Crippen LogP contribution in [0.5, 0.6) is 5.75 Å². The molecular weight excluding hydrogens is 273 g/mol. The number of hydrogen-bond acceptors (Lipinski definition) is 3. The van der Waals surface area contributed by atoms with E-state index in [0.29, 0.717) is 18.8 Å². The first-order valence-electron chi connectivity index (χ1n) is 6.27. The van der Waals surface area contributed by atoms with Crippen LogP contribution in [0.1, 0.15) is 18.5 Å². The maximum atomic E-state index is 12.0. The molecule has 2 heterocycles. The van der Waals surface area contributed by atoms with Crippen molar-refractivity contribution in [2.45, 2.75) is 32.0 Å². The summed E-state index contributed by atoms with van der Waals surface area (Å²) in [6.45, 7) is 2.50. The first-order chi connectivity index (χ1) is 9.33. The summed E-state index contributed by atoms with van der Waals surface area (Å²) < 4.78 is 41.6. The number of carbonyl (C=O) groups excluding carboxylic acids is 1. The van der Waals surface area contributed by atoms with E-state index in [-0.39, 0.29) is 6.10 Å². The van der Waals surface area contributed by atoms with Crippen LogP contribution < -0.4 is 4.74 Å². The van der Waals surface area contributed by atoms with Gasteiger partial charge in [0.05, 0.1) is 19.5 Å². The molecule has 0 unspecified atom stereocenters. The lowest BCUT2D eigenvalue weighted by atomic mass is 10.1. The number of nitrogens with zero attached hydrogens (tertiary/aromatic N) is 2. The second-order valence-electron chi connectivity index (χ2n) is 4.79. The Kier molecular flexibility index (Phi) is 4.15. The van der Waals surface area contributed by atoms with Gasteiger partial charge in [0, 0.05) is 24.4 Å².